The van der Waals surface area contributed by atoms with Gasteiger partial charge in [0.15, 0.2) is 0 Å². The molecular weight excluding hydrogens is 216 g/mol. The lowest BCUT2D eigenvalue weighted by Crippen LogP contribution is -2.15. The zero-order chi connectivity index (χ0) is 11.7. The highest BCUT2D eigenvalue weighted by atomic mass is 16.5. The van der Waals surface area contributed by atoms with E-state index in [0.717, 1.165) is 35.2 Å². The second kappa shape index (κ2) is 4.22. The Kier molecular flexibility index (Phi) is 2.57. The number of nitrogens with zero attached hydrogens (tertiary/aromatic N) is 1. The molecule has 4 heteroatoms. The van der Waals surface area contributed by atoms with Gasteiger partial charge in [-0.05, 0) is 18.2 Å². The van der Waals surface area contributed by atoms with Gasteiger partial charge in [-0.15, -0.1) is 0 Å². The minimum atomic E-state index is 0.148. The van der Waals surface area contributed by atoms with Crippen LogP contribution in [0.4, 0.5) is 5.69 Å². The molecule has 88 valence electrons. The standard InChI is InChI=1S/C13H14N2O2/c14-12-1-2-13(17-9-4-6-16-8-9)10-3-5-15-7-11(10)12/h1-3,5,7,9H,4,6,8,14H2. The molecule has 0 bridgehead atoms. The van der Waals surface area contributed by atoms with Crippen LogP contribution in [-0.2, 0) is 4.74 Å². The Hall–Kier alpha value is -1.81. The quantitative estimate of drug-likeness (QED) is 0.801. The first-order valence-corrected chi connectivity index (χ1v) is 5.71. The van der Waals surface area contributed by atoms with Crippen LogP contribution in [0.2, 0.25) is 0 Å². The molecule has 1 unspecified atom stereocenters. The SMILES string of the molecule is Nc1ccc(OC2CCOC2)c2ccncc12. The van der Waals surface area contributed by atoms with Gasteiger partial charge in [0.1, 0.15) is 11.9 Å². The average molecular weight is 230 g/mol. The van der Waals surface area contributed by atoms with E-state index >= 15 is 0 Å². The Labute approximate surface area is 99.4 Å². The molecule has 4 nitrogen and oxygen atoms in total. The van der Waals surface area contributed by atoms with Crippen molar-refractivity contribution in [2.24, 2.45) is 0 Å². The van der Waals surface area contributed by atoms with Crippen LogP contribution in [0.15, 0.2) is 30.6 Å². The van der Waals surface area contributed by atoms with Gasteiger partial charge in [0, 0.05) is 35.3 Å². The van der Waals surface area contributed by atoms with Crippen molar-refractivity contribution in [2.75, 3.05) is 18.9 Å². The van der Waals surface area contributed by atoms with Crippen molar-refractivity contribution in [2.45, 2.75) is 12.5 Å². The molecule has 3 rings (SSSR count). The third-order valence-corrected chi connectivity index (χ3v) is 2.99. The van der Waals surface area contributed by atoms with E-state index in [1.54, 1.807) is 12.4 Å². The number of nitrogens with two attached hydrogens (primary N) is 1. The lowest BCUT2D eigenvalue weighted by Gasteiger charge is -2.14. The van der Waals surface area contributed by atoms with Gasteiger partial charge in [0.2, 0.25) is 0 Å². The van der Waals surface area contributed by atoms with Gasteiger partial charge < -0.3 is 15.2 Å². The number of benzene rings is 1. The van der Waals surface area contributed by atoms with Crippen molar-refractivity contribution in [3.8, 4) is 5.75 Å². The molecule has 1 saturated heterocycles. The Morgan fingerprint density at radius 1 is 1.29 bits per heavy atom. The smallest absolute Gasteiger partial charge is 0.127 e. The fourth-order valence-electron chi connectivity index (χ4n) is 2.07. The molecule has 1 atom stereocenters. The van der Waals surface area contributed by atoms with E-state index in [9.17, 15) is 0 Å². The number of hydrogen-bond donors (Lipinski definition) is 1. The summed E-state index contributed by atoms with van der Waals surface area (Å²) in [4.78, 5) is 4.09. The molecule has 0 aliphatic carbocycles. The summed E-state index contributed by atoms with van der Waals surface area (Å²) in [6.07, 6.45) is 4.61. The maximum atomic E-state index is 5.94. The fourth-order valence-corrected chi connectivity index (χ4v) is 2.07. The Morgan fingerprint density at radius 3 is 3.06 bits per heavy atom. The number of pyridine rings is 1. The molecule has 2 N–H and O–H groups in total. The normalized spacial score (nSPS) is 19.6. The van der Waals surface area contributed by atoms with Crippen LogP contribution in [0.5, 0.6) is 5.75 Å². The van der Waals surface area contributed by atoms with Gasteiger partial charge in [-0.1, -0.05) is 0 Å². The van der Waals surface area contributed by atoms with E-state index < -0.39 is 0 Å². The van der Waals surface area contributed by atoms with Gasteiger partial charge in [-0.2, -0.15) is 0 Å². The first-order valence-electron chi connectivity index (χ1n) is 5.71. The number of nitrogen functional groups attached to an aromatic ring is 1. The molecule has 2 heterocycles. The van der Waals surface area contributed by atoms with Crippen molar-refractivity contribution in [1.29, 1.82) is 0 Å². The minimum Gasteiger partial charge on any atom is -0.487 e. The Bertz CT molecular complexity index is 536. The highest BCUT2D eigenvalue weighted by Crippen LogP contribution is 2.30. The van der Waals surface area contributed by atoms with Crippen LogP contribution in [0.3, 0.4) is 0 Å². The molecule has 17 heavy (non-hydrogen) atoms. The predicted molar refractivity (Wildman–Crippen MR) is 66.0 cm³/mol. The summed E-state index contributed by atoms with van der Waals surface area (Å²) in [6.45, 7) is 1.44. The molecule has 0 saturated carbocycles. The average Bonchev–Trinajstić information content (AvgIpc) is 2.86. The van der Waals surface area contributed by atoms with Crippen LogP contribution in [0.25, 0.3) is 10.8 Å². The van der Waals surface area contributed by atoms with Crippen molar-refractivity contribution in [3.63, 3.8) is 0 Å². The van der Waals surface area contributed by atoms with Crippen LogP contribution in [-0.4, -0.2) is 24.3 Å². The van der Waals surface area contributed by atoms with Crippen molar-refractivity contribution in [3.05, 3.63) is 30.6 Å². The molecule has 1 aromatic carbocycles. The minimum absolute atomic E-state index is 0.148. The zero-order valence-electron chi connectivity index (χ0n) is 9.43. The van der Waals surface area contributed by atoms with Crippen molar-refractivity contribution >= 4 is 16.5 Å². The predicted octanol–water partition coefficient (Wildman–Crippen LogP) is 1.98. The van der Waals surface area contributed by atoms with Crippen molar-refractivity contribution < 1.29 is 9.47 Å². The van der Waals surface area contributed by atoms with Crippen molar-refractivity contribution in [1.82, 2.24) is 4.98 Å². The molecule has 1 aliphatic heterocycles. The third kappa shape index (κ3) is 1.91. The Morgan fingerprint density at radius 2 is 2.24 bits per heavy atom. The molecule has 1 aromatic heterocycles. The Balaban J connectivity index is 2.01. The second-order valence-corrected chi connectivity index (χ2v) is 4.18. The highest BCUT2D eigenvalue weighted by Gasteiger charge is 2.18. The van der Waals surface area contributed by atoms with Gasteiger partial charge in [-0.3, -0.25) is 4.98 Å². The van der Waals surface area contributed by atoms with Crippen LogP contribution in [0.1, 0.15) is 6.42 Å². The number of hydrogen-bond acceptors (Lipinski definition) is 4. The maximum Gasteiger partial charge on any atom is 0.127 e. The van der Waals surface area contributed by atoms with Crippen LogP contribution in [0, 0.1) is 0 Å². The second-order valence-electron chi connectivity index (χ2n) is 4.18. The largest absolute Gasteiger partial charge is 0.487 e. The molecule has 0 spiro atoms. The van der Waals surface area contributed by atoms with E-state index in [0.29, 0.717) is 6.61 Å². The van der Waals surface area contributed by atoms with Gasteiger partial charge in [0.25, 0.3) is 0 Å². The first kappa shape index (κ1) is 10.4. The summed E-state index contributed by atoms with van der Waals surface area (Å²) in [5.74, 6) is 0.854. The fraction of sp³-hybridized carbons (Fsp3) is 0.308. The van der Waals surface area contributed by atoms with E-state index in [1.165, 1.54) is 0 Å². The summed E-state index contributed by atoms with van der Waals surface area (Å²) < 4.78 is 11.2. The zero-order valence-corrected chi connectivity index (χ0v) is 9.43. The first-order chi connectivity index (χ1) is 8.34. The van der Waals surface area contributed by atoms with Gasteiger partial charge >= 0.3 is 0 Å². The molecule has 0 amide bonds. The van der Waals surface area contributed by atoms with E-state index in [4.69, 9.17) is 15.2 Å². The van der Waals surface area contributed by atoms with Gasteiger partial charge in [0.05, 0.1) is 13.2 Å². The maximum absolute atomic E-state index is 5.94. The third-order valence-electron chi connectivity index (χ3n) is 2.99. The topological polar surface area (TPSA) is 57.4 Å². The van der Waals surface area contributed by atoms with E-state index in [1.807, 2.05) is 18.2 Å². The highest BCUT2D eigenvalue weighted by molar-refractivity contribution is 5.96. The van der Waals surface area contributed by atoms with E-state index in [-0.39, 0.29) is 6.10 Å². The molecule has 2 aromatic rings. The number of fused-ring (bicyclic) bond motifs is 1. The summed E-state index contributed by atoms with van der Waals surface area (Å²) in [7, 11) is 0. The summed E-state index contributed by atoms with van der Waals surface area (Å²) in [5, 5.41) is 1.94. The molecule has 0 radical (unpaired) electrons. The summed E-state index contributed by atoms with van der Waals surface area (Å²) in [5.41, 5.74) is 6.64. The lowest BCUT2D eigenvalue weighted by atomic mass is 10.1. The number of ether oxygens (including phenoxy) is 2. The van der Waals surface area contributed by atoms with E-state index in [2.05, 4.69) is 4.98 Å². The van der Waals surface area contributed by atoms with Gasteiger partial charge in [-0.25, -0.2) is 0 Å². The lowest BCUT2D eigenvalue weighted by molar-refractivity contribution is 0.142. The van der Waals surface area contributed by atoms with Crippen LogP contribution >= 0.6 is 0 Å². The molecular formula is C13H14N2O2. The monoisotopic (exact) mass is 230 g/mol. The number of aromatic nitrogens is 1. The number of anilines is 1. The number of rotatable bonds is 2. The molecule has 1 fully saturated rings. The summed E-state index contributed by atoms with van der Waals surface area (Å²) in [6, 6.07) is 5.70. The molecule has 1 aliphatic rings. The summed E-state index contributed by atoms with van der Waals surface area (Å²) >= 11 is 0. The van der Waals surface area contributed by atoms with Crippen LogP contribution < -0.4 is 10.5 Å².